The van der Waals surface area contributed by atoms with Crippen LogP contribution in [0, 0.1) is 28.1 Å². The molecule has 12 heteroatoms. The smallest absolute Gasteiger partial charge is 0.338 e. The molecule has 0 spiro atoms. The fraction of sp³-hybridized carbons (Fsp3) is 0.500. The Morgan fingerprint density at radius 3 is 1.84 bits per heavy atom. The number of esters is 4. The maximum absolute atomic E-state index is 14.7. The number of aliphatic hydroxyl groups is 3. The van der Waals surface area contributed by atoms with Crippen LogP contribution in [-0.4, -0.2) is 87.7 Å². The van der Waals surface area contributed by atoms with Crippen LogP contribution in [0.15, 0.2) is 73.3 Å². The molecular weight excluding hydrogens is 648 g/mol. The van der Waals surface area contributed by atoms with E-state index in [1.54, 1.807) is 50.2 Å². The van der Waals surface area contributed by atoms with Gasteiger partial charge in [0, 0.05) is 37.0 Å². The van der Waals surface area contributed by atoms with Gasteiger partial charge in [0.15, 0.2) is 11.4 Å². The summed E-state index contributed by atoms with van der Waals surface area (Å²) in [7, 11) is 0. The van der Waals surface area contributed by atoms with Crippen molar-refractivity contribution in [2.45, 2.75) is 83.6 Å². The number of hydrogen-bond donors (Lipinski definition) is 3. The summed E-state index contributed by atoms with van der Waals surface area (Å²) in [6, 6.07) is 15.8. The lowest BCUT2D eigenvalue weighted by molar-refractivity contribution is -0.324. The number of benzene rings is 2. The zero-order valence-corrected chi connectivity index (χ0v) is 28.7. The van der Waals surface area contributed by atoms with E-state index in [9.17, 15) is 39.3 Å². The minimum atomic E-state index is -2.67. The first-order valence-corrected chi connectivity index (χ1v) is 16.5. The maximum Gasteiger partial charge on any atom is 0.338 e. The fourth-order valence-corrected chi connectivity index (χ4v) is 8.97. The Kier molecular flexibility index (Phi) is 9.87. The molecule has 268 valence electrons. The Morgan fingerprint density at radius 1 is 0.840 bits per heavy atom. The highest BCUT2D eigenvalue weighted by atomic mass is 16.6. The molecule has 0 bridgehead atoms. The van der Waals surface area contributed by atoms with Gasteiger partial charge in [0.1, 0.15) is 30.5 Å². The quantitative estimate of drug-likeness (QED) is 0.209. The van der Waals surface area contributed by atoms with Crippen LogP contribution in [0.2, 0.25) is 0 Å². The van der Waals surface area contributed by atoms with Crippen LogP contribution in [0.5, 0.6) is 0 Å². The van der Waals surface area contributed by atoms with Gasteiger partial charge in [0.2, 0.25) is 0 Å². The molecule has 0 heterocycles. The van der Waals surface area contributed by atoms with Gasteiger partial charge in [0.05, 0.1) is 23.1 Å². The molecule has 3 aliphatic rings. The number of aliphatic hydroxyl groups excluding tert-OH is 2. The van der Waals surface area contributed by atoms with E-state index < -0.39 is 100 Å². The van der Waals surface area contributed by atoms with Crippen molar-refractivity contribution in [1.82, 2.24) is 0 Å². The van der Waals surface area contributed by atoms with E-state index >= 15 is 0 Å². The van der Waals surface area contributed by atoms with Crippen molar-refractivity contribution in [3.63, 3.8) is 0 Å². The van der Waals surface area contributed by atoms with Crippen LogP contribution in [-0.2, 0) is 33.3 Å². The Bertz CT molecular complexity index is 1660. The number of carbonyl (C=O) groups excluding carboxylic acids is 5. The maximum atomic E-state index is 14.7. The van der Waals surface area contributed by atoms with Crippen LogP contribution in [0.25, 0.3) is 0 Å². The second kappa shape index (κ2) is 13.4. The first-order chi connectivity index (χ1) is 23.5. The molecule has 0 radical (unpaired) electrons. The van der Waals surface area contributed by atoms with Crippen molar-refractivity contribution in [2.75, 3.05) is 6.61 Å². The number of hydrogen-bond acceptors (Lipinski definition) is 12. The summed E-state index contributed by atoms with van der Waals surface area (Å²) < 4.78 is 23.7. The highest BCUT2D eigenvalue weighted by molar-refractivity contribution is 5.97. The fourth-order valence-electron chi connectivity index (χ4n) is 8.97. The first kappa shape index (κ1) is 36.9. The second-order valence-electron chi connectivity index (χ2n) is 14.5. The highest BCUT2D eigenvalue weighted by Crippen LogP contribution is 2.67. The molecule has 0 aliphatic heterocycles. The molecule has 2 aromatic rings. The van der Waals surface area contributed by atoms with Gasteiger partial charge < -0.3 is 34.3 Å². The van der Waals surface area contributed by atoms with Crippen molar-refractivity contribution in [3.05, 3.63) is 84.4 Å². The molecule has 3 fully saturated rings. The van der Waals surface area contributed by atoms with Crippen molar-refractivity contribution in [2.24, 2.45) is 28.1 Å². The molecule has 3 saturated carbocycles. The number of ketones is 1. The predicted octanol–water partition coefficient (Wildman–Crippen LogP) is 3.21. The molecule has 50 heavy (non-hydrogen) atoms. The van der Waals surface area contributed by atoms with Crippen LogP contribution in [0.3, 0.4) is 0 Å². The number of allylic oxidation sites excluding steroid dienone is 1. The van der Waals surface area contributed by atoms with Crippen LogP contribution >= 0.6 is 0 Å². The number of rotatable bonds is 8. The Morgan fingerprint density at radius 2 is 1.36 bits per heavy atom. The van der Waals surface area contributed by atoms with Crippen molar-refractivity contribution in [1.29, 1.82) is 0 Å². The molecule has 5 rings (SSSR count). The van der Waals surface area contributed by atoms with E-state index in [2.05, 4.69) is 6.58 Å². The van der Waals surface area contributed by atoms with Crippen LogP contribution in [0.1, 0.15) is 68.2 Å². The monoisotopic (exact) mass is 692 g/mol. The second-order valence-corrected chi connectivity index (χ2v) is 14.5. The SMILES string of the molecule is C=C[C@@]1(C)C[C@@H](OC(=O)c2ccccc2)[C@@H]2[C@@](O)(C1=O)[C@@H](OC(C)=O)C[C@H]1C(C)(C)[C@H](OC(C)=O)[C@H](O)[C@H](OC(=O)c3ccccc3)[C@@]21CO. The summed E-state index contributed by atoms with van der Waals surface area (Å²) in [5.41, 5.74) is -7.22. The van der Waals surface area contributed by atoms with E-state index in [1.165, 1.54) is 37.3 Å². The standard InChI is InChI=1S/C38H44O12/c1-7-36(6)19-25(49-32(43)23-14-10-8-11-15-23)29-37(20-39)26(18-27(47-21(2)40)38(29,46)34(36)45)35(4,5)30(48-22(3)41)28(42)31(37)50-33(44)24-16-12-9-13-17-24/h7-17,25-31,39,42,46H,1,18-20H2,2-6H3/t25-,26+,27+,28+,29+,30-,31+,36+,37-,38-/m1/s1. The Balaban J connectivity index is 1.80. The molecule has 0 unspecified atom stereocenters. The number of Topliss-reactive ketones (excluding diaryl/α,β-unsaturated/α-hetero) is 1. The molecule has 2 aromatic carbocycles. The summed E-state index contributed by atoms with van der Waals surface area (Å²) in [4.78, 5) is 67.3. The van der Waals surface area contributed by atoms with Crippen molar-refractivity contribution < 1.29 is 58.2 Å². The van der Waals surface area contributed by atoms with E-state index in [-0.39, 0.29) is 24.0 Å². The number of ether oxygens (including phenoxy) is 4. The average Bonchev–Trinajstić information content (AvgIpc) is 3.08. The Labute approximate surface area is 290 Å². The molecule has 3 aliphatic carbocycles. The van der Waals surface area contributed by atoms with Crippen molar-refractivity contribution >= 4 is 29.7 Å². The minimum Gasteiger partial charge on any atom is -0.459 e. The zero-order chi connectivity index (χ0) is 36.8. The van der Waals surface area contributed by atoms with E-state index in [1.807, 2.05) is 0 Å². The lowest BCUT2D eigenvalue weighted by Crippen LogP contribution is -2.82. The number of carbonyl (C=O) groups is 5. The predicted molar refractivity (Wildman–Crippen MR) is 176 cm³/mol. The van der Waals surface area contributed by atoms with E-state index in [0.717, 1.165) is 13.8 Å². The third-order valence-electron chi connectivity index (χ3n) is 11.1. The lowest BCUT2D eigenvalue weighted by Gasteiger charge is -2.69. The lowest BCUT2D eigenvalue weighted by atomic mass is 9.38. The molecule has 12 nitrogen and oxygen atoms in total. The van der Waals surface area contributed by atoms with Gasteiger partial charge in [0.25, 0.3) is 0 Å². The first-order valence-electron chi connectivity index (χ1n) is 16.5. The van der Waals surface area contributed by atoms with Gasteiger partial charge in [-0.3, -0.25) is 14.4 Å². The molecular formula is C38H44O12. The van der Waals surface area contributed by atoms with E-state index in [4.69, 9.17) is 18.9 Å². The zero-order valence-electron chi connectivity index (χ0n) is 28.7. The van der Waals surface area contributed by atoms with Gasteiger partial charge in [-0.05, 0) is 43.5 Å². The van der Waals surface area contributed by atoms with Gasteiger partial charge in [-0.2, -0.15) is 0 Å². The van der Waals surface area contributed by atoms with Gasteiger partial charge >= 0.3 is 23.9 Å². The summed E-state index contributed by atoms with van der Waals surface area (Å²) in [5.74, 6) is -6.77. The van der Waals surface area contributed by atoms with Gasteiger partial charge in [-0.1, -0.05) is 56.3 Å². The summed E-state index contributed by atoms with van der Waals surface area (Å²) in [5, 5.41) is 36.8. The summed E-state index contributed by atoms with van der Waals surface area (Å²) in [6.45, 7) is 10.0. The molecule has 0 aromatic heterocycles. The third kappa shape index (κ3) is 5.82. The molecule has 0 saturated heterocycles. The van der Waals surface area contributed by atoms with Crippen LogP contribution < -0.4 is 0 Å². The highest BCUT2D eigenvalue weighted by Gasteiger charge is 2.79. The van der Waals surface area contributed by atoms with Gasteiger partial charge in [-0.25, -0.2) is 9.59 Å². The molecule has 0 amide bonds. The van der Waals surface area contributed by atoms with Gasteiger partial charge in [-0.15, -0.1) is 6.58 Å². The van der Waals surface area contributed by atoms with Crippen LogP contribution in [0.4, 0.5) is 0 Å². The molecule has 10 atom stereocenters. The minimum absolute atomic E-state index is 0.0908. The molecule has 3 N–H and O–H groups in total. The Hall–Kier alpha value is -4.39. The summed E-state index contributed by atoms with van der Waals surface area (Å²) >= 11 is 0. The normalized spacial score (nSPS) is 35.8. The van der Waals surface area contributed by atoms with Crippen molar-refractivity contribution in [3.8, 4) is 0 Å². The summed E-state index contributed by atoms with van der Waals surface area (Å²) in [6.07, 6.45) is -7.10. The third-order valence-corrected chi connectivity index (χ3v) is 11.1. The topological polar surface area (TPSA) is 183 Å². The van der Waals surface area contributed by atoms with E-state index in [0.29, 0.717) is 0 Å². The average molecular weight is 693 g/mol. The largest absolute Gasteiger partial charge is 0.459 e. The number of fused-ring (bicyclic) bond motifs is 3.